The van der Waals surface area contributed by atoms with E-state index in [-0.39, 0.29) is 5.97 Å². The summed E-state index contributed by atoms with van der Waals surface area (Å²) in [7, 11) is 0. The van der Waals surface area contributed by atoms with E-state index in [0.717, 1.165) is 44.1 Å². The van der Waals surface area contributed by atoms with Crippen molar-refractivity contribution in [2.45, 2.75) is 71.8 Å². The first-order valence-corrected chi connectivity index (χ1v) is 8.59. The SMILES string of the molecule is CC.CCCCC1(CCCC)N=C(c2ccccc2)OC1=O. The molecule has 3 nitrogen and oxygen atoms in total. The number of esters is 1. The lowest BCUT2D eigenvalue weighted by Gasteiger charge is -2.21. The van der Waals surface area contributed by atoms with Gasteiger partial charge in [-0.25, -0.2) is 9.79 Å². The van der Waals surface area contributed by atoms with E-state index in [2.05, 4.69) is 13.8 Å². The number of aliphatic imine (C=N–C) groups is 1. The lowest BCUT2D eigenvalue weighted by molar-refractivity contribution is -0.139. The van der Waals surface area contributed by atoms with E-state index in [1.807, 2.05) is 44.2 Å². The molecule has 1 aromatic carbocycles. The van der Waals surface area contributed by atoms with Gasteiger partial charge in [0.05, 0.1) is 0 Å². The van der Waals surface area contributed by atoms with E-state index >= 15 is 0 Å². The standard InChI is InChI=1S/C17H23NO2.C2H6/c1-3-5-12-17(13-6-4-2)16(19)20-15(18-17)14-10-8-7-9-11-14;1-2/h7-11H,3-6,12-13H2,1-2H3;1-2H3. The van der Waals surface area contributed by atoms with Gasteiger partial charge in [-0.05, 0) is 25.0 Å². The third-order valence-electron chi connectivity index (χ3n) is 3.79. The molecule has 2 rings (SSSR count). The van der Waals surface area contributed by atoms with Gasteiger partial charge in [-0.2, -0.15) is 0 Å². The number of hydrogen-bond acceptors (Lipinski definition) is 3. The monoisotopic (exact) mass is 303 g/mol. The fourth-order valence-electron chi connectivity index (χ4n) is 2.53. The van der Waals surface area contributed by atoms with E-state index in [4.69, 9.17) is 9.73 Å². The summed E-state index contributed by atoms with van der Waals surface area (Å²) < 4.78 is 5.47. The van der Waals surface area contributed by atoms with Crippen LogP contribution in [0.4, 0.5) is 0 Å². The Morgan fingerprint density at radius 1 is 1.00 bits per heavy atom. The molecule has 0 radical (unpaired) electrons. The molecule has 1 aromatic rings. The molecule has 0 saturated carbocycles. The predicted molar refractivity (Wildman–Crippen MR) is 92.2 cm³/mol. The van der Waals surface area contributed by atoms with Crippen LogP contribution >= 0.6 is 0 Å². The van der Waals surface area contributed by atoms with Crippen molar-refractivity contribution in [3.05, 3.63) is 35.9 Å². The van der Waals surface area contributed by atoms with Gasteiger partial charge in [-0.15, -0.1) is 0 Å². The Bertz CT molecular complexity index is 471. The van der Waals surface area contributed by atoms with Crippen LogP contribution < -0.4 is 0 Å². The lowest BCUT2D eigenvalue weighted by Crippen LogP contribution is -2.33. The van der Waals surface area contributed by atoms with Crippen LogP contribution in [0.1, 0.15) is 71.8 Å². The molecule has 0 saturated heterocycles. The quantitative estimate of drug-likeness (QED) is 0.654. The Hall–Kier alpha value is -1.64. The van der Waals surface area contributed by atoms with Crippen LogP contribution in [-0.2, 0) is 9.53 Å². The Balaban J connectivity index is 0.00000116. The Labute approximate surface area is 134 Å². The van der Waals surface area contributed by atoms with Crippen LogP contribution in [0.5, 0.6) is 0 Å². The number of ether oxygens (including phenoxy) is 1. The highest BCUT2D eigenvalue weighted by atomic mass is 16.6. The summed E-state index contributed by atoms with van der Waals surface area (Å²) in [6, 6.07) is 9.68. The molecule has 3 heteroatoms. The average Bonchev–Trinajstić information content (AvgIpc) is 2.91. The van der Waals surface area contributed by atoms with Gasteiger partial charge in [0.15, 0.2) is 5.54 Å². The second-order valence-electron chi connectivity index (χ2n) is 5.41. The number of hydrogen-bond donors (Lipinski definition) is 0. The highest BCUT2D eigenvalue weighted by molar-refractivity contribution is 6.07. The minimum atomic E-state index is -0.642. The first-order valence-electron chi connectivity index (χ1n) is 8.59. The number of benzene rings is 1. The number of nitrogens with zero attached hydrogens (tertiary/aromatic N) is 1. The molecule has 0 bridgehead atoms. The second kappa shape index (κ2) is 9.39. The minimum Gasteiger partial charge on any atom is -0.405 e. The van der Waals surface area contributed by atoms with Crippen LogP contribution in [0.2, 0.25) is 0 Å². The van der Waals surface area contributed by atoms with Crippen molar-refractivity contribution in [1.82, 2.24) is 0 Å². The van der Waals surface area contributed by atoms with E-state index in [1.165, 1.54) is 0 Å². The molecule has 1 heterocycles. The molecule has 22 heavy (non-hydrogen) atoms. The van der Waals surface area contributed by atoms with E-state index in [1.54, 1.807) is 0 Å². The van der Waals surface area contributed by atoms with Crippen molar-refractivity contribution in [2.75, 3.05) is 0 Å². The van der Waals surface area contributed by atoms with Crippen molar-refractivity contribution in [3.8, 4) is 0 Å². The van der Waals surface area contributed by atoms with Gasteiger partial charge in [-0.1, -0.05) is 71.6 Å². The smallest absolute Gasteiger partial charge is 0.340 e. The van der Waals surface area contributed by atoms with Crippen molar-refractivity contribution in [3.63, 3.8) is 0 Å². The largest absolute Gasteiger partial charge is 0.405 e. The van der Waals surface area contributed by atoms with E-state index < -0.39 is 5.54 Å². The highest BCUT2D eigenvalue weighted by Crippen LogP contribution is 2.33. The summed E-state index contributed by atoms with van der Waals surface area (Å²) in [4.78, 5) is 17.0. The maximum atomic E-state index is 12.4. The van der Waals surface area contributed by atoms with Gasteiger partial charge in [0, 0.05) is 5.56 Å². The number of rotatable bonds is 7. The van der Waals surface area contributed by atoms with Gasteiger partial charge in [-0.3, -0.25) is 0 Å². The molecule has 122 valence electrons. The summed E-state index contributed by atoms with van der Waals surface area (Å²) in [5.74, 6) is 0.320. The molecule has 0 spiro atoms. The second-order valence-corrected chi connectivity index (χ2v) is 5.41. The van der Waals surface area contributed by atoms with Crippen LogP contribution in [0.15, 0.2) is 35.3 Å². The first-order chi connectivity index (χ1) is 10.7. The number of cyclic esters (lactones) is 1. The van der Waals surface area contributed by atoms with Crippen LogP contribution in [0.3, 0.4) is 0 Å². The molecule has 0 fully saturated rings. The van der Waals surface area contributed by atoms with E-state index in [0.29, 0.717) is 5.90 Å². The first kappa shape index (κ1) is 18.4. The summed E-state index contributed by atoms with van der Waals surface area (Å²) in [5.41, 5.74) is 0.243. The molecule has 0 aromatic heterocycles. The normalized spacial score (nSPS) is 15.6. The van der Waals surface area contributed by atoms with Gasteiger partial charge in [0.2, 0.25) is 5.90 Å². The number of carbonyl (C=O) groups excluding carboxylic acids is 1. The van der Waals surface area contributed by atoms with Crippen LogP contribution in [0, 0.1) is 0 Å². The molecule has 0 amide bonds. The Morgan fingerprint density at radius 3 is 2.05 bits per heavy atom. The molecular formula is C19H29NO2. The lowest BCUT2D eigenvalue weighted by atomic mass is 9.88. The van der Waals surface area contributed by atoms with Crippen molar-refractivity contribution in [1.29, 1.82) is 0 Å². The Morgan fingerprint density at radius 2 is 1.55 bits per heavy atom. The summed E-state index contributed by atoms with van der Waals surface area (Å²) in [5, 5.41) is 0. The molecule has 1 aliphatic heterocycles. The van der Waals surface area contributed by atoms with E-state index in [9.17, 15) is 4.79 Å². The van der Waals surface area contributed by atoms with Gasteiger partial charge < -0.3 is 4.74 Å². The topological polar surface area (TPSA) is 38.7 Å². The molecule has 1 aliphatic rings. The fourth-order valence-corrected chi connectivity index (χ4v) is 2.53. The minimum absolute atomic E-state index is 0.168. The summed E-state index contributed by atoms with van der Waals surface area (Å²) >= 11 is 0. The molecule has 0 unspecified atom stereocenters. The molecule has 0 atom stereocenters. The maximum absolute atomic E-state index is 12.4. The number of carbonyl (C=O) groups is 1. The third-order valence-corrected chi connectivity index (χ3v) is 3.79. The summed E-state index contributed by atoms with van der Waals surface area (Å²) in [6.45, 7) is 8.27. The average molecular weight is 303 g/mol. The number of unbranched alkanes of at least 4 members (excludes halogenated alkanes) is 2. The fraction of sp³-hybridized carbons (Fsp3) is 0.579. The molecule has 0 N–H and O–H groups in total. The van der Waals surface area contributed by atoms with Crippen molar-refractivity contribution in [2.24, 2.45) is 4.99 Å². The highest BCUT2D eigenvalue weighted by Gasteiger charge is 2.44. The third kappa shape index (κ3) is 4.43. The zero-order valence-electron chi connectivity index (χ0n) is 14.4. The zero-order valence-corrected chi connectivity index (χ0v) is 14.4. The molecule has 0 aliphatic carbocycles. The predicted octanol–water partition coefficient (Wildman–Crippen LogP) is 5.14. The van der Waals surface area contributed by atoms with Crippen LogP contribution in [-0.4, -0.2) is 17.4 Å². The zero-order chi connectivity index (χ0) is 16.4. The Kier molecular flexibility index (Phi) is 7.86. The summed E-state index contributed by atoms with van der Waals surface area (Å²) in [6.07, 6.45) is 5.72. The van der Waals surface area contributed by atoms with Crippen molar-refractivity contribution >= 4 is 11.9 Å². The maximum Gasteiger partial charge on any atom is 0.340 e. The van der Waals surface area contributed by atoms with Crippen molar-refractivity contribution < 1.29 is 9.53 Å². The van der Waals surface area contributed by atoms with Crippen LogP contribution in [0.25, 0.3) is 0 Å². The van der Waals surface area contributed by atoms with Gasteiger partial charge >= 0.3 is 5.97 Å². The molecular weight excluding hydrogens is 274 g/mol. The van der Waals surface area contributed by atoms with Gasteiger partial charge in [0.25, 0.3) is 0 Å². The van der Waals surface area contributed by atoms with Gasteiger partial charge in [0.1, 0.15) is 0 Å².